The van der Waals surface area contributed by atoms with Crippen molar-refractivity contribution in [2.45, 2.75) is 44.5 Å². The Labute approximate surface area is 225 Å². The molecule has 0 saturated heterocycles. The van der Waals surface area contributed by atoms with Gasteiger partial charge < -0.3 is 10.2 Å². The van der Waals surface area contributed by atoms with Gasteiger partial charge in [-0.2, -0.15) is 0 Å². The van der Waals surface area contributed by atoms with Crippen molar-refractivity contribution in [2.24, 2.45) is 0 Å². The summed E-state index contributed by atoms with van der Waals surface area (Å²) in [4.78, 5) is 28.7. The van der Waals surface area contributed by atoms with Gasteiger partial charge in [-0.1, -0.05) is 83.9 Å². The van der Waals surface area contributed by atoms with E-state index in [0.717, 1.165) is 34.0 Å². The van der Waals surface area contributed by atoms with E-state index >= 15 is 0 Å². The molecule has 0 heterocycles. The van der Waals surface area contributed by atoms with Gasteiger partial charge in [-0.05, 0) is 47.4 Å². The molecule has 190 valence electrons. The third-order valence-corrected chi connectivity index (χ3v) is 7.29. The molecule has 0 aliphatic carbocycles. The van der Waals surface area contributed by atoms with Gasteiger partial charge in [0.1, 0.15) is 11.9 Å². The van der Waals surface area contributed by atoms with E-state index in [4.69, 9.17) is 0 Å². The number of rotatable bonds is 13. The number of hydrogen-bond donors (Lipinski definition) is 1. The van der Waals surface area contributed by atoms with Gasteiger partial charge in [-0.15, -0.1) is 11.8 Å². The summed E-state index contributed by atoms with van der Waals surface area (Å²) in [6.07, 6.45) is 2.30. The molecule has 0 fully saturated rings. The third kappa shape index (κ3) is 9.10. The van der Waals surface area contributed by atoms with Crippen LogP contribution in [0.25, 0.3) is 0 Å². The number of nitrogens with zero attached hydrogens (tertiary/aromatic N) is 1. The van der Waals surface area contributed by atoms with Crippen LogP contribution in [0.15, 0.2) is 83.3 Å². The first-order valence-corrected chi connectivity index (χ1v) is 14.1. The van der Waals surface area contributed by atoms with Gasteiger partial charge in [0.25, 0.3) is 0 Å². The number of nitrogens with one attached hydrogen (secondary N) is 1. The molecular formula is C29H32BrFN2O2S. The zero-order valence-corrected chi connectivity index (χ0v) is 22.9. The van der Waals surface area contributed by atoms with Crippen molar-refractivity contribution in [3.63, 3.8) is 0 Å². The van der Waals surface area contributed by atoms with Crippen LogP contribution in [0.5, 0.6) is 0 Å². The molecule has 0 bridgehead atoms. The summed E-state index contributed by atoms with van der Waals surface area (Å²) in [5.41, 5.74) is 2.90. The van der Waals surface area contributed by atoms with E-state index in [1.807, 2.05) is 54.6 Å². The lowest BCUT2D eigenvalue weighted by Gasteiger charge is -2.31. The number of amides is 2. The van der Waals surface area contributed by atoms with E-state index in [-0.39, 0.29) is 23.4 Å². The number of benzene rings is 3. The van der Waals surface area contributed by atoms with E-state index in [2.05, 4.69) is 28.2 Å². The number of thioether (sulfide) groups is 1. The van der Waals surface area contributed by atoms with Gasteiger partial charge in [-0.3, -0.25) is 9.59 Å². The van der Waals surface area contributed by atoms with Crippen molar-refractivity contribution in [3.05, 3.63) is 106 Å². The molecule has 0 spiro atoms. The summed E-state index contributed by atoms with van der Waals surface area (Å²) in [6.45, 7) is 3.00. The second kappa shape index (κ2) is 14.8. The lowest BCUT2D eigenvalue weighted by Crippen LogP contribution is -2.51. The van der Waals surface area contributed by atoms with Gasteiger partial charge in [0, 0.05) is 29.7 Å². The molecular weight excluding hydrogens is 539 g/mol. The first kappa shape index (κ1) is 27.9. The minimum absolute atomic E-state index is 0.100. The van der Waals surface area contributed by atoms with E-state index < -0.39 is 6.04 Å². The van der Waals surface area contributed by atoms with Crippen LogP contribution in [0.3, 0.4) is 0 Å². The molecule has 0 unspecified atom stereocenters. The summed E-state index contributed by atoms with van der Waals surface area (Å²) in [6, 6.07) is 23.3. The maximum Gasteiger partial charge on any atom is 0.243 e. The van der Waals surface area contributed by atoms with Crippen LogP contribution in [0.4, 0.5) is 4.39 Å². The van der Waals surface area contributed by atoms with Gasteiger partial charge in [0.15, 0.2) is 0 Å². The highest BCUT2D eigenvalue weighted by atomic mass is 79.9. The molecule has 0 radical (unpaired) electrons. The fourth-order valence-corrected chi connectivity index (χ4v) is 4.90. The van der Waals surface area contributed by atoms with Crippen LogP contribution in [-0.2, 0) is 28.3 Å². The number of carbonyl (C=O) groups is 2. The highest BCUT2D eigenvalue weighted by Gasteiger charge is 2.30. The van der Waals surface area contributed by atoms with Crippen LogP contribution < -0.4 is 5.32 Å². The van der Waals surface area contributed by atoms with Gasteiger partial charge in [0.2, 0.25) is 11.8 Å². The fraction of sp³-hybridized carbons (Fsp3) is 0.310. The third-order valence-electron chi connectivity index (χ3n) is 5.77. The molecule has 3 rings (SSSR count). The van der Waals surface area contributed by atoms with Crippen molar-refractivity contribution < 1.29 is 14.0 Å². The van der Waals surface area contributed by atoms with E-state index in [1.54, 1.807) is 17.0 Å². The average molecular weight is 572 g/mol. The smallest absolute Gasteiger partial charge is 0.243 e. The summed E-state index contributed by atoms with van der Waals surface area (Å²) >= 11 is 4.93. The lowest BCUT2D eigenvalue weighted by atomic mass is 10.0. The molecule has 4 nitrogen and oxygen atoms in total. The predicted molar refractivity (Wildman–Crippen MR) is 149 cm³/mol. The van der Waals surface area contributed by atoms with Crippen LogP contribution >= 0.6 is 27.7 Å². The SMILES string of the molecule is CCCCNC(=O)[C@@H](Cc1ccccc1)N(Cc1ccc(Br)cc1)C(=O)CSCc1ccc(F)cc1. The van der Waals surface area contributed by atoms with E-state index in [9.17, 15) is 14.0 Å². The van der Waals surface area contributed by atoms with E-state index in [1.165, 1.54) is 23.9 Å². The van der Waals surface area contributed by atoms with Crippen molar-refractivity contribution in [1.29, 1.82) is 0 Å². The number of halogens is 2. The molecule has 3 aromatic carbocycles. The molecule has 2 amide bonds. The Morgan fingerprint density at radius 2 is 1.61 bits per heavy atom. The zero-order valence-electron chi connectivity index (χ0n) is 20.5. The van der Waals surface area contributed by atoms with Crippen LogP contribution in [0.1, 0.15) is 36.5 Å². The Kier molecular flexibility index (Phi) is 11.5. The minimum atomic E-state index is -0.633. The van der Waals surface area contributed by atoms with Gasteiger partial charge in [-0.25, -0.2) is 4.39 Å². The lowest BCUT2D eigenvalue weighted by molar-refractivity contribution is -0.139. The molecule has 0 aromatic heterocycles. The zero-order chi connectivity index (χ0) is 25.8. The molecule has 0 aliphatic heterocycles. The molecule has 0 saturated carbocycles. The predicted octanol–water partition coefficient (Wildman–Crippen LogP) is 6.38. The number of hydrogen-bond acceptors (Lipinski definition) is 3. The maximum absolute atomic E-state index is 13.6. The van der Waals surface area contributed by atoms with Gasteiger partial charge in [0.05, 0.1) is 5.75 Å². The van der Waals surface area contributed by atoms with Crippen molar-refractivity contribution in [2.75, 3.05) is 12.3 Å². The van der Waals surface area contributed by atoms with E-state index in [0.29, 0.717) is 25.3 Å². The minimum Gasteiger partial charge on any atom is -0.354 e. The second-order valence-corrected chi connectivity index (χ2v) is 10.5. The van der Waals surface area contributed by atoms with Crippen LogP contribution in [-0.4, -0.2) is 35.1 Å². The molecule has 36 heavy (non-hydrogen) atoms. The van der Waals surface area contributed by atoms with Crippen LogP contribution in [0.2, 0.25) is 0 Å². The standard InChI is InChI=1S/C29H32BrFN2O2S/c1-2-3-17-32-29(35)27(18-22-7-5-4-6-8-22)33(19-23-9-13-25(30)14-10-23)28(34)21-36-20-24-11-15-26(31)16-12-24/h4-16,27H,2-3,17-21H2,1H3,(H,32,35)/t27-/m1/s1. The Morgan fingerprint density at radius 3 is 2.28 bits per heavy atom. The quantitative estimate of drug-likeness (QED) is 0.243. The molecule has 3 aromatic rings. The molecule has 7 heteroatoms. The van der Waals surface area contributed by atoms with Crippen molar-refractivity contribution >= 4 is 39.5 Å². The topological polar surface area (TPSA) is 49.4 Å². The monoisotopic (exact) mass is 570 g/mol. The number of carbonyl (C=O) groups excluding carboxylic acids is 2. The average Bonchev–Trinajstić information content (AvgIpc) is 2.89. The second-order valence-electron chi connectivity index (χ2n) is 8.62. The fourth-order valence-electron chi connectivity index (χ4n) is 3.77. The molecule has 1 N–H and O–H groups in total. The van der Waals surface area contributed by atoms with Crippen LogP contribution in [0, 0.1) is 5.82 Å². The first-order chi connectivity index (χ1) is 17.5. The summed E-state index contributed by atoms with van der Waals surface area (Å²) in [5.74, 6) is 0.294. The summed E-state index contributed by atoms with van der Waals surface area (Å²) < 4.78 is 14.2. The Balaban J connectivity index is 1.81. The normalized spacial score (nSPS) is 11.6. The Bertz CT molecular complexity index is 1090. The maximum atomic E-state index is 13.6. The summed E-state index contributed by atoms with van der Waals surface area (Å²) in [7, 11) is 0. The highest BCUT2D eigenvalue weighted by Crippen LogP contribution is 2.20. The Morgan fingerprint density at radius 1 is 0.944 bits per heavy atom. The first-order valence-electron chi connectivity index (χ1n) is 12.1. The van der Waals surface area contributed by atoms with Gasteiger partial charge >= 0.3 is 0 Å². The molecule has 1 atom stereocenters. The van der Waals surface area contributed by atoms with Crippen molar-refractivity contribution in [1.82, 2.24) is 10.2 Å². The Hall–Kier alpha value is -2.64. The largest absolute Gasteiger partial charge is 0.354 e. The highest BCUT2D eigenvalue weighted by molar-refractivity contribution is 9.10. The summed E-state index contributed by atoms with van der Waals surface area (Å²) in [5, 5.41) is 3.04. The number of unbranched alkanes of at least 4 members (excludes halogenated alkanes) is 1. The molecule has 0 aliphatic rings. The van der Waals surface area contributed by atoms with Crippen molar-refractivity contribution in [3.8, 4) is 0 Å².